The summed E-state index contributed by atoms with van der Waals surface area (Å²) in [7, 11) is 0. The van der Waals surface area contributed by atoms with Crippen LogP contribution in [-0.2, 0) is 4.79 Å². The average Bonchev–Trinajstić information content (AvgIpc) is 1.62. The molecule has 0 aliphatic rings. The minimum Gasteiger partial charge on any atom is -0.478 e. The molecule has 1 atom stereocenters. The van der Waals surface area contributed by atoms with Crippen LogP contribution in [-0.4, -0.2) is 20.5 Å². The van der Waals surface area contributed by atoms with Crippen molar-refractivity contribution in [2.45, 2.75) is 9.41 Å². The van der Waals surface area contributed by atoms with Gasteiger partial charge in [0.15, 0.2) is 0 Å². The molecular formula is C3HBr2F3O2. The highest BCUT2D eigenvalue weighted by atomic mass is 79.9. The van der Waals surface area contributed by atoms with Crippen LogP contribution in [0.15, 0.2) is 0 Å². The largest absolute Gasteiger partial charge is 0.478 e. The fourth-order valence-corrected chi connectivity index (χ4v) is 0.291. The first-order valence-electron chi connectivity index (χ1n) is 1.87. The second kappa shape index (κ2) is 2.69. The van der Waals surface area contributed by atoms with Gasteiger partial charge in [0.05, 0.1) is 0 Å². The number of carboxylic acids is 1. The topological polar surface area (TPSA) is 37.3 Å². The van der Waals surface area contributed by atoms with Gasteiger partial charge in [0.2, 0.25) is 0 Å². The van der Waals surface area contributed by atoms with E-state index in [4.69, 9.17) is 5.11 Å². The van der Waals surface area contributed by atoms with E-state index in [1.807, 2.05) is 0 Å². The number of hydrogen-bond acceptors (Lipinski definition) is 1. The molecule has 0 radical (unpaired) electrons. The summed E-state index contributed by atoms with van der Waals surface area (Å²) in [6.45, 7) is 0. The highest BCUT2D eigenvalue weighted by molar-refractivity contribution is 9.13. The molecule has 0 aliphatic heterocycles. The van der Waals surface area contributed by atoms with Crippen LogP contribution in [0.4, 0.5) is 13.2 Å². The molecule has 0 aromatic heterocycles. The molecule has 1 unspecified atom stereocenters. The first-order chi connectivity index (χ1) is 4.19. The molecule has 0 fully saturated rings. The van der Waals surface area contributed by atoms with Crippen molar-refractivity contribution < 1.29 is 23.1 Å². The average molecular weight is 286 g/mol. The van der Waals surface area contributed by atoms with E-state index in [2.05, 4.69) is 0 Å². The highest BCUT2D eigenvalue weighted by Gasteiger charge is 2.57. The van der Waals surface area contributed by atoms with Crippen molar-refractivity contribution in [3.05, 3.63) is 0 Å². The van der Waals surface area contributed by atoms with Crippen molar-refractivity contribution >= 4 is 37.8 Å². The van der Waals surface area contributed by atoms with Gasteiger partial charge in [-0.15, -0.1) is 0 Å². The van der Waals surface area contributed by atoms with E-state index >= 15 is 0 Å². The SMILES string of the molecule is O=C(O)C(F)(Br)C(F)(F)Br. The van der Waals surface area contributed by atoms with E-state index in [-0.39, 0.29) is 0 Å². The van der Waals surface area contributed by atoms with Crippen LogP contribution in [0.3, 0.4) is 0 Å². The van der Waals surface area contributed by atoms with Gasteiger partial charge in [-0.05, 0) is 31.9 Å². The maximum Gasteiger partial charge on any atom is 0.360 e. The van der Waals surface area contributed by atoms with Gasteiger partial charge in [0.25, 0.3) is 0 Å². The first kappa shape index (κ1) is 10.2. The van der Waals surface area contributed by atoms with Crippen molar-refractivity contribution in [3.8, 4) is 0 Å². The third-order valence-corrected chi connectivity index (χ3v) is 2.54. The number of rotatable bonds is 2. The Bertz CT molecular complexity index is 152. The number of halogens is 5. The molecule has 0 bridgehead atoms. The summed E-state index contributed by atoms with van der Waals surface area (Å²) in [5.41, 5.74) is 0. The second-order valence-electron chi connectivity index (χ2n) is 1.38. The van der Waals surface area contributed by atoms with Crippen LogP contribution >= 0.6 is 31.9 Å². The minimum absolute atomic E-state index is 1.56. The zero-order valence-corrected chi connectivity index (χ0v) is 7.42. The van der Waals surface area contributed by atoms with E-state index in [0.29, 0.717) is 0 Å². The Morgan fingerprint density at radius 3 is 1.60 bits per heavy atom. The standard InChI is InChI=1S/C3HBr2F3O2/c4-2(6,1(9)10)3(5,7)8/h(H,9,10). The molecule has 2 nitrogen and oxygen atoms in total. The Morgan fingerprint density at radius 1 is 1.30 bits per heavy atom. The molecule has 0 aliphatic carbocycles. The van der Waals surface area contributed by atoms with Gasteiger partial charge in [-0.1, -0.05) is 0 Å². The summed E-state index contributed by atoms with van der Waals surface area (Å²) in [4.78, 5) is 5.62. The first-order valence-corrected chi connectivity index (χ1v) is 3.46. The van der Waals surface area contributed by atoms with E-state index < -0.39 is 15.4 Å². The highest BCUT2D eigenvalue weighted by Crippen LogP contribution is 2.42. The lowest BCUT2D eigenvalue weighted by atomic mass is 10.4. The number of alkyl halides is 5. The monoisotopic (exact) mass is 284 g/mol. The predicted molar refractivity (Wildman–Crippen MR) is 34.3 cm³/mol. The second-order valence-corrected chi connectivity index (χ2v) is 3.47. The Kier molecular flexibility index (Phi) is 2.75. The summed E-state index contributed by atoms with van der Waals surface area (Å²) in [6.07, 6.45) is 0. The van der Waals surface area contributed by atoms with Crippen LogP contribution in [0.25, 0.3) is 0 Å². The Hall–Kier alpha value is 0.220. The van der Waals surface area contributed by atoms with Crippen LogP contribution < -0.4 is 0 Å². The molecule has 60 valence electrons. The molecule has 1 N–H and O–H groups in total. The van der Waals surface area contributed by atoms with Crippen molar-refractivity contribution in [1.29, 1.82) is 0 Å². The van der Waals surface area contributed by atoms with Crippen molar-refractivity contribution in [1.82, 2.24) is 0 Å². The fourth-order valence-electron chi connectivity index (χ4n) is 0.121. The zero-order chi connectivity index (χ0) is 8.58. The Morgan fingerprint density at radius 2 is 1.60 bits per heavy atom. The molecule has 0 heterocycles. The van der Waals surface area contributed by atoms with E-state index in [1.54, 1.807) is 31.9 Å². The van der Waals surface area contributed by atoms with Gasteiger partial charge < -0.3 is 5.11 Å². The maximum absolute atomic E-state index is 12.2. The summed E-state index contributed by atoms with van der Waals surface area (Å²) in [5.74, 6) is -2.28. The Balaban J connectivity index is 4.57. The summed E-state index contributed by atoms with van der Waals surface area (Å²) < 4.78 is 32.2. The minimum atomic E-state index is -4.12. The predicted octanol–water partition coefficient (Wildman–Crippen LogP) is 2.12. The molecule has 0 amide bonds. The van der Waals surface area contributed by atoms with Gasteiger partial charge in [-0.25, -0.2) is 9.18 Å². The molecule has 7 heteroatoms. The lowest BCUT2D eigenvalue weighted by Crippen LogP contribution is -2.41. The molecule has 0 aromatic rings. The molecular weight excluding hydrogens is 285 g/mol. The van der Waals surface area contributed by atoms with Crippen molar-refractivity contribution in [2.24, 2.45) is 0 Å². The lowest BCUT2D eigenvalue weighted by Gasteiger charge is -2.17. The number of carboxylic acid groups (broad SMARTS) is 1. The molecule has 0 aromatic carbocycles. The van der Waals surface area contributed by atoms with Gasteiger partial charge >= 0.3 is 15.4 Å². The normalized spacial score (nSPS) is 18.1. The third kappa shape index (κ3) is 1.85. The molecule has 0 saturated heterocycles. The van der Waals surface area contributed by atoms with Gasteiger partial charge in [0.1, 0.15) is 0 Å². The number of hydrogen-bond donors (Lipinski definition) is 1. The Labute approximate surface area is 70.7 Å². The summed E-state index contributed by atoms with van der Waals surface area (Å²) >= 11 is 3.27. The fraction of sp³-hybridized carbons (Fsp3) is 0.667. The van der Waals surface area contributed by atoms with Crippen LogP contribution in [0, 0.1) is 0 Å². The quantitative estimate of drug-likeness (QED) is 0.789. The molecule has 0 rings (SSSR count). The van der Waals surface area contributed by atoms with E-state index in [9.17, 15) is 18.0 Å². The number of carbonyl (C=O) groups is 1. The van der Waals surface area contributed by atoms with Crippen LogP contribution in [0.2, 0.25) is 0 Å². The summed E-state index contributed by atoms with van der Waals surface area (Å²) in [5, 5.41) is 7.84. The third-order valence-electron chi connectivity index (χ3n) is 0.625. The molecule has 10 heavy (non-hydrogen) atoms. The zero-order valence-electron chi connectivity index (χ0n) is 4.25. The maximum atomic E-state index is 12.2. The van der Waals surface area contributed by atoms with Crippen molar-refractivity contribution in [3.63, 3.8) is 0 Å². The molecule has 0 spiro atoms. The number of aliphatic carboxylic acids is 1. The smallest absolute Gasteiger partial charge is 0.360 e. The van der Waals surface area contributed by atoms with Gasteiger partial charge in [0, 0.05) is 0 Å². The van der Waals surface area contributed by atoms with Crippen LogP contribution in [0.1, 0.15) is 0 Å². The van der Waals surface area contributed by atoms with E-state index in [1.165, 1.54) is 0 Å². The van der Waals surface area contributed by atoms with E-state index in [0.717, 1.165) is 0 Å². The van der Waals surface area contributed by atoms with Gasteiger partial charge in [-0.2, -0.15) is 8.78 Å². The van der Waals surface area contributed by atoms with Crippen molar-refractivity contribution in [2.75, 3.05) is 0 Å². The summed E-state index contributed by atoms with van der Waals surface area (Å²) in [6, 6.07) is 0. The lowest BCUT2D eigenvalue weighted by molar-refractivity contribution is -0.153. The molecule has 0 saturated carbocycles. The van der Waals surface area contributed by atoms with Crippen LogP contribution in [0.5, 0.6) is 0 Å². The van der Waals surface area contributed by atoms with Gasteiger partial charge in [-0.3, -0.25) is 0 Å².